The fourth-order valence-electron chi connectivity index (χ4n) is 4.62. The monoisotopic (exact) mass is 334 g/mol. The van der Waals surface area contributed by atoms with E-state index in [0.717, 1.165) is 17.9 Å². The van der Waals surface area contributed by atoms with E-state index < -0.39 is 0 Å². The molecule has 0 aliphatic heterocycles. The molecule has 0 fully saturated rings. The molecule has 130 valence electrons. The Morgan fingerprint density at radius 2 is 1.40 bits per heavy atom. The van der Waals surface area contributed by atoms with Gasteiger partial charge in [-0.15, -0.1) is 0 Å². The van der Waals surface area contributed by atoms with Gasteiger partial charge in [0.05, 0.1) is 14.2 Å². The molecule has 0 spiro atoms. The number of ether oxygens (including phenoxy) is 2. The summed E-state index contributed by atoms with van der Waals surface area (Å²) in [6.07, 6.45) is 5.81. The van der Waals surface area contributed by atoms with Crippen molar-refractivity contribution < 1.29 is 9.47 Å². The number of hydrogen-bond donors (Lipinski definition) is 0. The molecule has 2 aromatic carbocycles. The molecule has 2 aromatic rings. The molecular formula is C23H26O2. The highest BCUT2D eigenvalue weighted by molar-refractivity contribution is 5.83. The molecule has 4 rings (SSSR count). The first-order valence-electron chi connectivity index (χ1n) is 9.03. The maximum atomic E-state index is 6.04. The van der Waals surface area contributed by atoms with E-state index in [1.807, 2.05) is 7.11 Å². The number of allylic oxidation sites excluding steroid dienone is 2. The zero-order valence-corrected chi connectivity index (χ0v) is 15.7. The summed E-state index contributed by atoms with van der Waals surface area (Å²) in [7, 11) is 3.61. The lowest BCUT2D eigenvalue weighted by atomic mass is 9.76. The fraction of sp³-hybridized carbons (Fsp3) is 0.391. The quantitative estimate of drug-likeness (QED) is 0.660. The van der Waals surface area contributed by atoms with Crippen LogP contribution in [0.2, 0.25) is 0 Å². The van der Waals surface area contributed by atoms with Crippen LogP contribution in [0, 0.1) is 0 Å². The SMILES string of the molecule is COc1c(-c2ccccc2)c(C(C)(C)C)c(OC)c2c1C1C=CC2C1. The van der Waals surface area contributed by atoms with Gasteiger partial charge in [0.15, 0.2) is 0 Å². The predicted octanol–water partition coefficient (Wildman–Crippen LogP) is 5.81. The van der Waals surface area contributed by atoms with Crippen LogP contribution in [0.15, 0.2) is 42.5 Å². The molecule has 0 radical (unpaired) electrons. The topological polar surface area (TPSA) is 18.5 Å². The van der Waals surface area contributed by atoms with Gasteiger partial charge in [-0.2, -0.15) is 0 Å². The van der Waals surface area contributed by atoms with E-state index >= 15 is 0 Å². The maximum Gasteiger partial charge on any atom is 0.131 e. The van der Waals surface area contributed by atoms with E-state index in [9.17, 15) is 0 Å². The van der Waals surface area contributed by atoms with Crippen LogP contribution in [0.5, 0.6) is 11.5 Å². The largest absolute Gasteiger partial charge is 0.496 e. The Kier molecular flexibility index (Phi) is 3.68. The van der Waals surface area contributed by atoms with E-state index in [0.29, 0.717) is 11.8 Å². The highest BCUT2D eigenvalue weighted by Gasteiger charge is 2.42. The molecule has 0 N–H and O–H groups in total. The number of fused-ring (bicyclic) bond motifs is 5. The first kappa shape index (κ1) is 16.3. The van der Waals surface area contributed by atoms with Crippen LogP contribution in [0.4, 0.5) is 0 Å². The van der Waals surface area contributed by atoms with Crippen molar-refractivity contribution >= 4 is 0 Å². The molecule has 0 saturated heterocycles. The second kappa shape index (κ2) is 5.66. The lowest BCUT2D eigenvalue weighted by Gasteiger charge is -2.31. The molecule has 2 aliphatic rings. The van der Waals surface area contributed by atoms with E-state index in [4.69, 9.17) is 9.47 Å². The van der Waals surface area contributed by atoms with Gasteiger partial charge in [0, 0.05) is 34.1 Å². The number of benzene rings is 2. The summed E-state index contributed by atoms with van der Waals surface area (Å²) in [4.78, 5) is 0. The molecule has 0 amide bonds. The van der Waals surface area contributed by atoms with Crippen molar-refractivity contribution in [1.29, 1.82) is 0 Å². The number of methoxy groups -OCH3 is 2. The summed E-state index contributed by atoms with van der Waals surface area (Å²) in [5.74, 6) is 2.98. The second-order valence-corrected chi connectivity index (χ2v) is 8.09. The summed E-state index contributed by atoms with van der Waals surface area (Å²) in [5.41, 5.74) is 6.25. The zero-order valence-electron chi connectivity index (χ0n) is 15.7. The van der Waals surface area contributed by atoms with Gasteiger partial charge >= 0.3 is 0 Å². The van der Waals surface area contributed by atoms with Crippen molar-refractivity contribution in [1.82, 2.24) is 0 Å². The average molecular weight is 334 g/mol. The summed E-state index contributed by atoms with van der Waals surface area (Å²) in [6.45, 7) is 6.77. The molecule has 2 bridgehead atoms. The van der Waals surface area contributed by atoms with Crippen molar-refractivity contribution in [2.45, 2.75) is 44.4 Å². The normalized spacial score (nSPS) is 20.7. The van der Waals surface area contributed by atoms with Gasteiger partial charge in [-0.1, -0.05) is 63.3 Å². The molecule has 2 heteroatoms. The van der Waals surface area contributed by atoms with Gasteiger partial charge < -0.3 is 9.47 Å². The van der Waals surface area contributed by atoms with Crippen LogP contribution >= 0.6 is 0 Å². The minimum atomic E-state index is -0.0512. The maximum absolute atomic E-state index is 6.04. The van der Waals surface area contributed by atoms with Crippen LogP contribution in [-0.4, -0.2) is 14.2 Å². The Balaban J connectivity index is 2.15. The molecule has 0 heterocycles. The number of hydrogen-bond acceptors (Lipinski definition) is 2. The average Bonchev–Trinajstić information content (AvgIpc) is 3.21. The summed E-state index contributed by atoms with van der Waals surface area (Å²) < 4.78 is 12.1. The van der Waals surface area contributed by atoms with E-state index in [-0.39, 0.29) is 5.41 Å². The van der Waals surface area contributed by atoms with Crippen LogP contribution < -0.4 is 9.47 Å². The van der Waals surface area contributed by atoms with E-state index in [2.05, 4.69) is 63.3 Å². The Morgan fingerprint density at radius 3 is 1.92 bits per heavy atom. The minimum absolute atomic E-state index is 0.0512. The van der Waals surface area contributed by atoms with Crippen molar-refractivity contribution in [3.63, 3.8) is 0 Å². The fourth-order valence-corrected chi connectivity index (χ4v) is 4.62. The lowest BCUT2D eigenvalue weighted by molar-refractivity contribution is 0.383. The van der Waals surface area contributed by atoms with Crippen molar-refractivity contribution in [3.05, 3.63) is 59.2 Å². The van der Waals surface area contributed by atoms with Crippen LogP contribution in [0.25, 0.3) is 11.1 Å². The molecular weight excluding hydrogens is 308 g/mol. The smallest absolute Gasteiger partial charge is 0.131 e. The van der Waals surface area contributed by atoms with Crippen LogP contribution in [-0.2, 0) is 5.41 Å². The minimum Gasteiger partial charge on any atom is -0.496 e. The molecule has 2 nitrogen and oxygen atoms in total. The summed E-state index contributed by atoms with van der Waals surface area (Å²) >= 11 is 0. The highest BCUT2D eigenvalue weighted by atomic mass is 16.5. The molecule has 0 saturated carbocycles. The van der Waals surface area contributed by atoms with Gasteiger partial charge in [0.2, 0.25) is 0 Å². The van der Waals surface area contributed by atoms with Gasteiger partial charge in [-0.25, -0.2) is 0 Å². The van der Waals surface area contributed by atoms with Gasteiger partial charge in [0.25, 0.3) is 0 Å². The van der Waals surface area contributed by atoms with Crippen molar-refractivity contribution in [2.24, 2.45) is 0 Å². The van der Waals surface area contributed by atoms with E-state index in [1.165, 1.54) is 27.8 Å². The predicted molar refractivity (Wildman–Crippen MR) is 103 cm³/mol. The van der Waals surface area contributed by atoms with Crippen molar-refractivity contribution in [3.8, 4) is 22.6 Å². The van der Waals surface area contributed by atoms with E-state index in [1.54, 1.807) is 7.11 Å². The molecule has 2 aliphatic carbocycles. The zero-order chi connectivity index (χ0) is 17.8. The summed E-state index contributed by atoms with van der Waals surface area (Å²) in [5, 5.41) is 0. The van der Waals surface area contributed by atoms with Crippen LogP contribution in [0.1, 0.15) is 55.7 Å². The molecule has 25 heavy (non-hydrogen) atoms. The molecule has 2 unspecified atom stereocenters. The highest BCUT2D eigenvalue weighted by Crippen LogP contribution is 2.60. The standard InChI is InChI=1S/C23H26O2/c1-23(2,3)20-19(14-9-7-6-8-10-14)21(24-4)17-15-11-12-16(13-15)18(17)22(20)25-5/h6-12,15-16H,13H2,1-5H3. The summed E-state index contributed by atoms with van der Waals surface area (Å²) in [6, 6.07) is 10.6. The first-order valence-corrected chi connectivity index (χ1v) is 9.03. The van der Waals surface area contributed by atoms with Gasteiger partial charge in [-0.05, 0) is 17.4 Å². The third kappa shape index (κ3) is 2.31. The van der Waals surface area contributed by atoms with Crippen LogP contribution in [0.3, 0.4) is 0 Å². The Morgan fingerprint density at radius 1 is 0.840 bits per heavy atom. The Hall–Kier alpha value is -2.22. The first-order chi connectivity index (χ1) is 12.0. The second-order valence-electron chi connectivity index (χ2n) is 8.09. The lowest BCUT2D eigenvalue weighted by Crippen LogP contribution is -2.18. The Bertz CT molecular complexity index is 841. The van der Waals surface area contributed by atoms with Crippen molar-refractivity contribution in [2.75, 3.05) is 14.2 Å². The van der Waals surface area contributed by atoms with Gasteiger partial charge in [-0.3, -0.25) is 0 Å². The molecule has 0 aromatic heterocycles. The third-order valence-corrected chi connectivity index (χ3v) is 5.53. The molecule has 2 atom stereocenters. The Labute approximate surface area is 150 Å². The number of rotatable bonds is 3. The van der Waals surface area contributed by atoms with Gasteiger partial charge in [0.1, 0.15) is 11.5 Å². The third-order valence-electron chi connectivity index (χ3n) is 5.53.